The minimum atomic E-state index is -2.35. The van der Waals surface area contributed by atoms with Gasteiger partial charge in [0.1, 0.15) is 30.6 Å². The van der Waals surface area contributed by atoms with Crippen LogP contribution in [-0.2, 0) is 43.7 Å². The molecule has 0 saturated carbocycles. The van der Waals surface area contributed by atoms with E-state index in [9.17, 15) is 9.32 Å². The van der Waals surface area contributed by atoms with E-state index in [0.29, 0.717) is 34.5 Å². The van der Waals surface area contributed by atoms with Crippen LogP contribution in [0, 0.1) is 0 Å². The van der Waals surface area contributed by atoms with Gasteiger partial charge in [-0.3, -0.25) is 4.57 Å². The van der Waals surface area contributed by atoms with Crippen LogP contribution in [-0.4, -0.2) is 88.3 Å². The Balaban J connectivity index is 1.13. The molecule has 0 radical (unpaired) electrons. The van der Waals surface area contributed by atoms with Crippen molar-refractivity contribution in [3.8, 4) is 17.3 Å². The molecule has 256 valence electrons. The number of fused-ring (bicyclic) bond motifs is 3. The summed E-state index contributed by atoms with van der Waals surface area (Å²) >= 11 is 6.84. The maximum Gasteiger partial charge on any atom is 0.301 e. The Bertz CT molecular complexity index is 1930. The second-order valence-corrected chi connectivity index (χ2v) is 22.4. The Hall–Kier alpha value is -3.17. The third-order valence-electron chi connectivity index (χ3n) is 8.86. The molecule has 0 spiro atoms. The number of halogens is 1. The van der Waals surface area contributed by atoms with Gasteiger partial charge in [0, 0.05) is 60.7 Å². The van der Waals surface area contributed by atoms with Crippen molar-refractivity contribution in [1.82, 2.24) is 14.5 Å². The number of ether oxygens (including phenoxy) is 4. The number of pyridine rings is 1. The SMILES string of the molecule is C=S(C)(=O)Nc1ccc2c(c1)CN(c1ccc(-c3nc4c(cc3Cl)nc(OC3COC5C(O)COC35)n4COCC[Si](C)(C)C)cc1)C2. The van der Waals surface area contributed by atoms with Crippen LogP contribution < -0.4 is 14.4 Å². The molecular formula is C34H42ClN5O6SSi. The molecule has 48 heavy (non-hydrogen) atoms. The Morgan fingerprint density at radius 1 is 1.06 bits per heavy atom. The molecule has 0 aliphatic carbocycles. The highest BCUT2D eigenvalue weighted by Crippen LogP contribution is 2.36. The van der Waals surface area contributed by atoms with Gasteiger partial charge in [-0.1, -0.05) is 49.4 Å². The van der Waals surface area contributed by atoms with Crippen molar-refractivity contribution in [3.05, 3.63) is 64.7 Å². The topological polar surface area (TPSA) is 120 Å². The van der Waals surface area contributed by atoms with Crippen molar-refractivity contribution in [2.24, 2.45) is 0 Å². The lowest BCUT2D eigenvalue weighted by Crippen LogP contribution is -2.35. The quantitative estimate of drug-likeness (QED) is 0.124. The third kappa shape index (κ3) is 7.09. The molecule has 5 atom stereocenters. The van der Waals surface area contributed by atoms with Gasteiger partial charge < -0.3 is 33.7 Å². The van der Waals surface area contributed by atoms with Crippen LogP contribution >= 0.6 is 11.6 Å². The monoisotopic (exact) mass is 711 g/mol. The van der Waals surface area contributed by atoms with E-state index in [0.717, 1.165) is 36.1 Å². The first-order valence-corrected chi connectivity index (χ1v) is 22.3. The lowest BCUT2D eigenvalue weighted by Gasteiger charge is -2.19. The highest BCUT2D eigenvalue weighted by atomic mass is 35.5. The molecular weight excluding hydrogens is 670 g/mol. The van der Waals surface area contributed by atoms with Gasteiger partial charge >= 0.3 is 6.01 Å². The Labute approximate surface area is 287 Å². The Morgan fingerprint density at radius 3 is 2.56 bits per heavy atom. The molecule has 5 unspecified atom stereocenters. The fourth-order valence-corrected chi connectivity index (χ4v) is 7.98. The minimum Gasteiger partial charge on any atom is -0.456 e. The van der Waals surface area contributed by atoms with E-state index >= 15 is 0 Å². The average Bonchev–Trinajstić information content (AvgIpc) is 3.78. The van der Waals surface area contributed by atoms with Crippen molar-refractivity contribution in [1.29, 1.82) is 0 Å². The zero-order valence-electron chi connectivity index (χ0n) is 27.6. The number of benzene rings is 2. The molecule has 2 aromatic heterocycles. The minimum absolute atomic E-state index is 0.214. The molecule has 2 N–H and O–H groups in total. The van der Waals surface area contributed by atoms with Crippen LogP contribution in [0.15, 0.2) is 48.5 Å². The van der Waals surface area contributed by atoms with E-state index in [-0.39, 0.29) is 26.0 Å². The van der Waals surface area contributed by atoms with E-state index in [1.807, 2.05) is 28.8 Å². The van der Waals surface area contributed by atoms with E-state index < -0.39 is 36.1 Å². The largest absolute Gasteiger partial charge is 0.456 e. The highest BCUT2D eigenvalue weighted by Gasteiger charge is 2.49. The number of aromatic nitrogens is 3. The number of hydrogen-bond donors (Lipinski definition) is 2. The Kier molecular flexibility index (Phi) is 8.98. The molecule has 11 nitrogen and oxygen atoms in total. The first-order chi connectivity index (χ1) is 22.8. The molecule has 2 saturated heterocycles. The van der Waals surface area contributed by atoms with Gasteiger partial charge in [0.2, 0.25) is 0 Å². The number of nitrogens with one attached hydrogen (secondary N) is 1. The predicted octanol–water partition coefficient (Wildman–Crippen LogP) is 5.16. The lowest BCUT2D eigenvalue weighted by molar-refractivity contribution is 0.00336. The second-order valence-electron chi connectivity index (χ2n) is 14.1. The van der Waals surface area contributed by atoms with E-state index in [4.69, 9.17) is 40.5 Å². The number of hydrogen-bond acceptors (Lipinski definition) is 9. The number of nitrogens with zero attached hydrogens (tertiary/aromatic N) is 4. The third-order valence-corrected chi connectivity index (χ3v) is 11.5. The summed E-state index contributed by atoms with van der Waals surface area (Å²) in [6, 6.07) is 17.5. The zero-order valence-corrected chi connectivity index (χ0v) is 30.2. The lowest BCUT2D eigenvalue weighted by atomic mass is 10.1. The van der Waals surface area contributed by atoms with Crippen LogP contribution in [0.5, 0.6) is 6.01 Å². The molecule has 0 bridgehead atoms. The van der Waals surface area contributed by atoms with Gasteiger partial charge in [-0.2, -0.15) is 4.98 Å². The van der Waals surface area contributed by atoms with Crippen LogP contribution in [0.4, 0.5) is 11.4 Å². The van der Waals surface area contributed by atoms with Crippen molar-refractivity contribution in [2.75, 3.05) is 35.7 Å². The molecule has 14 heteroatoms. The van der Waals surface area contributed by atoms with Crippen molar-refractivity contribution >= 4 is 57.8 Å². The first-order valence-electron chi connectivity index (χ1n) is 16.1. The van der Waals surface area contributed by atoms with Gasteiger partial charge in [-0.25, -0.2) is 9.19 Å². The smallest absolute Gasteiger partial charge is 0.301 e. The van der Waals surface area contributed by atoms with Crippen molar-refractivity contribution < 1.29 is 28.3 Å². The normalized spacial score (nSPS) is 23.3. The summed E-state index contributed by atoms with van der Waals surface area (Å²) in [5.74, 6) is 3.70. The number of aliphatic hydroxyl groups excluding tert-OH is 1. The van der Waals surface area contributed by atoms with E-state index in [2.05, 4.69) is 59.4 Å². The molecule has 0 amide bonds. The standard InChI is InChI=1S/C34H42ClN5O6SSi/c1-47(2,42)38-24-9-6-22-16-39(17-23(22)14-24)25-10-7-21(8-11-25)30-26(35)15-27-33(37-30)40(20-43-12-13-48(3,4)5)34(36-27)46-29-19-45-31-28(41)18-44-32(29)31/h6-11,14-15,28-29,31-32,41H,1,12-13,16-20H2,2-5H3,(H,38,42). The summed E-state index contributed by atoms with van der Waals surface area (Å²) in [5.41, 5.74) is 7.01. The zero-order chi connectivity index (χ0) is 33.8. The van der Waals surface area contributed by atoms with Crippen LogP contribution in [0.25, 0.3) is 22.4 Å². The van der Waals surface area contributed by atoms with Crippen molar-refractivity contribution in [2.45, 2.75) is 69.9 Å². The van der Waals surface area contributed by atoms with E-state index in [1.54, 1.807) is 6.26 Å². The molecule has 2 fully saturated rings. The van der Waals surface area contributed by atoms with Gasteiger partial charge in [-0.05, 0) is 53.4 Å². The summed E-state index contributed by atoms with van der Waals surface area (Å²) < 4.78 is 41.1. The first kappa shape index (κ1) is 33.3. The van der Waals surface area contributed by atoms with E-state index in [1.165, 1.54) is 11.1 Å². The summed E-state index contributed by atoms with van der Waals surface area (Å²) in [6.45, 7) is 9.81. The Morgan fingerprint density at radius 2 is 1.81 bits per heavy atom. The molecule has 4 aromatic rings. The number of imidazole rings is 1. The van der Waals surface area contributed by atoms with Gasteiger partial charge in [0.05, 0.1) is 23.9 Å². The summed E-state index contributed by atoms with van der Waals surface area (Å²) in [7, 11) is -3.64. The molecule has 2 aromatic carbocycles. The number of anilines is 2. The summed E-state index contributed by atoms with van der Waals surface area (Å²) in [6.07, 6.45) is -0.301. The summed E-state index contributed by atoms with van der Waals surface area (Å²) in [4.78, 5) is 12.1. The predicted molar refractivity (Wildman–Crippen MR) is 193 cm³/mol. The maximum atomic E-state index is 12.1. The van der Waals surface area contributed by atoms with Crippen LogP contribution in [0.2, 0.25) is 30.7 Å². The van der Waals surface area contributed by atoms with Gasteiger partial charge in [0.15, 0.2) is 11.8 Å². The molecule has 3 aliphatic rings. The summed E-state index contributed by atoms with van der Waals surface area (Å²) in [5, 5.41) is 10.7. The van der Waals surface area contributed by atoms with Gasteiger partial charge in [-0.15, -0.1) is 0 Å². The number of aliphatic hydroxyl groups is 1. The molecule has 3 aliphatic heterocycles. The fourth-order valence-electron chi connectivity index (χ4n) is 6.35. The second kappa shape index (κ2) is 12.9. The van der Waals surface area contributed by atoms with Crippen LogP contribution in [0.1, 0.15) is 11.1 Å². The fraction of sp³-hybridized carbons (Fsp3) is 0.441. The van der Waals surface area contributed by atoms with Crippen LogP contribution in [0.3, 0.4) is 0 Å². The highest BCUT2D eigenvalue weighted by molar-refractivity contribution is 8.00. The molecule has 5 heterocycles. The average molecular weight is 712 g/mol. The molecule has 7 rings (SSSR count). The number of rotatable bonds is 11. The van der Waals surface area contributed by atoms with Crippen molar-refractivity contribution in [3.63, 3.8) is 0 Å². The van der Waals surface area contributed by atoms with Gasteiger partial charge in [0.25, 0.3) is 0 Å². The maximum absolute atomic E-state index is 12.1.